The van der Waals surface area contributed by atoms with E-state index >= 15 is 0 Å². The fourth-order valence-corrected chi connectivity index (χ4v) is 3.43. The van der Waals surface area contributed by atoms with E-state index in [1.54, 1.807) is 0 Å². The molecule has 114 valence electrons. The van der Waals surface area contributed by atoms with Crippen LogP contribution in [-0.4, -0.2) is 31.8 Å². The summed E-state index contributed by atoms with van der Waals surface area (Å²) < 4.78 is 22.5. The SMILES string of the molecule is c1cc(CNC2CCC3(CC2)OCCO3)c2c(c1)OCO2. The molecule has 1 aliphatic carbocycles. The molecule has 5 nitrogen and oxygen atoms in total. The topological polar surface area (TPSA) is 49.0 Å². The van der Waals surface area contributed by atoms with E-state index in [-0.39, 0.29) is 5.79 Å². The van der Waals surface area contributed by atoms with E-state index < -0.39 is 0 Å². The van der Waals surface area contributed by atoms with Crippen LogP contribution in [0.1, 0.15) is 31.2 Å². The smallest absolute Gasteiger partial charge is 0.231 e. The largest absolute Gasteiger partial charge is 0.454 e. The normalized spacial score (nSPS) is 23.8. The molecule has 0 aromatic heterocycles. The summed E-state index contributed by atoms with van der Waals surface area (Å²) in [5, 5.41) is 3.63. The van der Waals surface area contributed by atoms with Crippen molar-refractivity contribution in [3.8, 4) is 11.5 Å². The predicted octanol–water partition coefficient (Wildman–Crippen LogP) is 2.19. The van der Waals surface area contributed by atoms with E-state index in [0.29, 0.717) is 12.8 Å². The molecule has 2 aliphatic heterocycles. The summed E-state index contributed by atoms with van der Waals surface area (Å²) in [6, 6.07) is 6.57. The Hall–Kier alpha value is -1.30. The highest BCUT2D eigenvalue weighted by atomic mass is 16.7. The van der Waals surface area contributed by atoms with Gasteiger partial charge in [0.1, 0.15) is 0 Å². The van der Waals surface area contributed by atoms with Gasteiger partial charge < -0.3 is 24.3 Å². The van der Waals surface area contributed by atoms with Crippen molar-refractivity contribution < 1.29 is 18.9 Å². The maximum atomic E-state index is 5.77. The highest BCUT2D eigenvalue weighted by Gasteiger charge is 2.40. The second-order valence-electron chi connectivity index (χ2n) is 5.91. The van der Waals surface area contributed by atoms with Crippen LogP contribution in [0.5, 0.6) is 11.5 Å². The second kappa shape index (κ2) is 5.48. The third kappa shape index (κ3) is 2.61. The van der Waals surface area contributed by atoms with Crippen LogP contribution in [0.25, 0.3) is 0 Å². The highest BCUT2D eigenvalue weighted by Crippen LogP contribution is 2.37. The van der Waals surface area contributed by atoms with Gasteiger partial charge in [-0.3, -0.25) is 0 Å². The van der Waals surface area contributed by atoms with Gasteiger partial charge in [-0.25, -0.2) is 0 Å². The van der Waals surface area contributed by atoms with Gasteiger partial charge in [0, 0.05) is 31.0 Å². The lowest BCUT2D eigenvalue weighted by Gasteiger charge is -2.35. The molecule has 5 heteroatoms. The number of nitrogens with one attached hydrogen (secondary N) is 1. The molecule has 0 amide bonds. The van der Waals surface area contributed by atoms with Crippen molar-refractivity contribution in [2.45, 2.75) is 44.1 Å². The number of benzene rings is 1. The number of ether oxygens (including phenoxy) is 4. The Balaban J connectivity index is 1.33. The summed E-state index contributed by atoms with van der Waals surface area (Å²) in [5.41, 5.74) is 1.17. The molecule has 1 saturated carbocycles. The summed E-state index contributed by atoms with van der Waals surface area (Å²) in [6.45, 7) is 2.62. The summed E-state index contributed by atoms with van der Waals surface area (Å²) in [6.07, 6.45) is 4.15. The summed E-state index contributed by atoms with van der Waals surface area (Å²) in [5.74, 6) is 1.47. The predicted molar refractivity (Wildman–Crippen MR) is 76.3 cm³/mol. The fraction of sp³-hybridized carbons (Fsp3) is 0.625. The Labute approximate surface area is 124 Å². The third-order valence-electron chi connectivity index (χ3n) is 4.62. The van der Waals surface area contributed by atoms with E-state index in [4.69, 9.17) is 18.9 Å². The van der Waals surface area contributed by atoms with Crippen LogP contribution in [-0.2, 0) is 16.0 Å². The lowest BCUT2D eigenvalue weighted by Crippen LogP contribution is -2.41. The zero-order chi connectivity index (χ0) is 14.1. The molecule has 1 N–H and O–H groups in total. The minimum Gasteiger partial charge on any atom is -0.454 e. The summed E-state index contributed by atoms with van der Waals surface area (Å²) >= 11 is 0. The molecule has 4 rings (SSSR count). The van der Waals surface area contributed by atoms with E-state index in [1.807, 2.05) is 12.1 Å². The fourth-order valence-electron chi connectivity index (χ4n) is 3.43. The van der Waals surface area contributed by atoms with E-state index in [2.05, 4.69) is 11.4 Å². The molecule has 2 fully saturated rings. The van der Waals surface area contributed by atoms with Crippen molar-refractivity contribution in [3.05, 3.63) is 23.8 Å². The van der Waals surface area contributed by atoms with Gasteiger partial charge in [0.05, 0.1) is 13.2 Å². The lowest BCUT2D eigenvalue weighted by molar-refractivity contribution is -0.179. The Kier molecular flexibility index (Phi) is 3.49. The minimum atomic E-state index is -0.275. The van der Waals surface area contributed by atoms with Gasteiger partial charge in [-0.15, -0.1) is 0 Å². The summed E-state index contributed by atoms with van der Waals surface area (Å²) in [4.78, 5) is 0. The zero-order valence-electron chi connectivity index (χ0n) is 12.1. The Morgan fingerprint density at radius 3 is 2.71 bits per heavy atom. The van der Waals surface area contributed by atoms with E-state index in [9.17, 15) is 0 Å². The van der Waals surface area contributed by atoms with Gasteiger partial charge in [0.2, 0.25) is 6.79 Å². The second-order valence-corrected chi connectivity index (χ2v) is 5.91. The third-order valence-corrected chi connectivity index (χ3v) is 4.62. The first-order valence-electron chi connectivity index (χ1n) is 7.73. The van der Waals surface area contributed by atoms with Crippen molar-refractivity contribution in [1.82, 2.24) is 5.32 Å². The van der Waals surface area contributed by atoms with Gasteiger partial charge in [0.15, 0.2) is 17.3 Å². The summed E-state index contributed by atoms with van der Waals surface area (Å²) in [7, 11) is 0. The van der Waals surface area contributed by atoms with Crippen molar-refractivity contribution in [2.24, 2.45) is 0 Å². The number of fused-ring (bicyclic) bond motifs is 1. The molecule has 0 atom stereocenters. The molecule has 1 saturated heterocycles. The van der Waals surface area contributed by atoms with E-state index in [0.717, 1.165) is 56.9 Å². The van der Waals surface area contributed by atoms with Gasteiger partial charge in [0.25, 0.3) is 0 Å². The van der Waals surface area contributed by atoms with Crippen LogP contribution >= 0.6 is 0 Å². The molecule has 21 heavy (non-hydrogen) atoms. The Bertz CT molecular complexity index is 503. The standard InChI is InChI=1S/C16H21NO4/c1-2-12(15-14(3-1)18-11-19-15)10-17-13-4-6-16(7-5-13)20-8-9-21-16/h1-3,13,17H,4-11H2. The van der Waals surface area contributed by atoms with Crippen LogP contribution < -0.4 is 14.8 Å². The molecule has 2 heterocycles. The first-order valence-corrected chi connectivity index (χ1v) is 7.73. The number of hydrogen-bond donors (Lipinski definition) is 1. The number of hydrogen-bond acceptors (Lipinski definition) is 5. The van der Waals surface area contributed by atoms with Crippen LogP contribution in [0.3, 0.4) is 0 Å². The van der Waals surface area contributed by atoms with E-state index in [1.165, 1.54) is 5.56 Å². The average molecular weight is 291 g/mol. The maximum absolute atomic E-state index is 5.77. The highest BCUT2D eigenvalue weighted by molar-refractivity contribution is 5.48. The molecule has 1 spiro atoms. The quantitative estimate of drug-likeness (QED) is 0.925. The van der Waals surface area contributed by atoms with Crippen molar-refractivity contribution in [2.75, 3.05) is 20.0 Å². The van der Waals surface area contributed by atoms with Crippen molar-refractivity contribution >= 4 is 0 Å². The molecule has 3 aliphatic rings. The van der Waals surface area contributed by atoms with Crippen LogP contribution in [0.4, 0.5) is 0 Å². The molecular formula is C16H21NO4. The van der Waals surface area contributed by atoms with Crippen molar-refractivity contribution in [1.29, 1.82) is 0 Å². The maximum Gasteiger partial charge on any atom is 0.231 e. The first-order chi connectivity index (χ1) is 10.3. The average Bonchev–Trinajstić information content (AvgIpc) is 3.16. The molecule has 1 aromatic carbocycles. The monoisotopic (exact) mass is 291 g/mol. The van der Waals surface area contributed by atoms with Gasteiger partial charge in [-0.2, -0.15) is 0 Å². The zero-order valence-corrected chi connectivity index (χ0v) is 12.1. The molecule has 0 bridgehead atoms. The minimum absolute atomic E-state index is 0.275. The Morgan fingerprint density at radius 2 is 1.90 bits per heavy atom. The van der Waals surface area contributed by atoms with Gasteiger partial charge in [-0.05, 0) is 18.9 Å². The molecule has 1 aromatic rings. The molecule has 0 radical (unpaired) electrons. The molecular weight excluding hydrogens is 270 g/mol. The van der Waals surface area contributed by atoms with Crippen LogP contribution in [0.2, 0.25) is 0 Å². The number of rotatable bonds is 3. The van der Waals surface area contributed by atoms with Crippen LogP contribution in [0, 0.1) is 0 Å². The van der Waals surface area contributed by atoms with Gasteiger partial charge in [-0.1, -0.05) is 12.1 Å². The first kappa shape index (κ1) is 13.4. The lowest BCUT2D eigenvalue weighted by atomic mass is 9.90. The van der Waals surface area contributed by atoms with Gasteiger partial charge >= 0.3 is 0 Å². The van der Waals surface area contributed by atoms with Crippen molar-refractivity contribution in [3.63, 3.8) is 0 Å². The molecule has 0 unspecified atom stereocenters. The van der Waals surface area contributed by atoms with Crippen LogP contribution in [0.15, 0.2) is 18.2 Å². The number of para-hydroxylation sites is 1. The Morgan fingerprint density at radius 1 is 1.10 bits per heavy atom.